The molecule has 2 aromatic rings. The molecular formula is C22H26N2O3. The molecule has 142 valence electrons. The number of hydrazine groups is 1. The molecule has 1 heterocycles. The van der Waals surface area contributed by atoms with E-state index in [0.717, 1.165) is 29.9 Å². The van der Waals surface area contributed by atoms with Crippen LogP contribution >= 0.6 is 0 Å². The van der Waals surface area contributed by atoms with Crippen LogP contribution in [0.4, 0.5) is 0 Å². The van der Waals surface area contributed by atoms with Crippen molar-refractivity contribution in [3.8, 4) is 11.5 Å². The smallest absolute Gasteiger partial charge is 0.236 e. The SMILES string of the molecule is COc1ccc(C2CC(=O)NN2Cc2ccccc2)cc1OC1CCCC1. The van der Waals surface area contributed by atoms with Gasteiger partial charge in [-0.2, -0.15) is 0 Å². The average molecular weight is 366 g/mol. The first-order valence-electron chi connectivity index (χ1n) is 9.67. The Hall–Kier alpha value is -2.53. The van der Waals surface area contributed by atoms with Crippen molar-refractivity contribution in [3.63, 3.8) is 0 Å². The van der Waals surface area contributed by atoms with Gasteiger partial charge in [-0.3, -0.25) is 10.2 Å². The van der Waals surface area contributed by atoms with Gasteiger partial charge in [-0.25, -0.2) is 5.01 Å². The van der Waals surface area contributed by atoms with Crippen molar-refractivity contribution < 1.29 is 14.3 Å². The Kier molecular flexibility index (Phi) is 5.30. The molecule has 1 unspecified atom stereocenters. The van der Waals surface area contributed by atoms with Gasteiger partial charge in [0, 0.05) is 13.0 Å². The normalized spacial score (nSPS) is 20.6. The van der Waals surface area contributed by atoms with Gasteiger partial charge in [0.05, 0.1) is 19.3 Å². The fourth-order valence-electron chi connectivity index (χ4n) is 3.98. The minimum Gasteiger partial charge on any atom is -0.493 e. The largest absolute Gasteiger partial charge is 0.493 e. The van der Waals surface area contributed by atoms with Gasteiger partial charge in [0.1, 0.15) is 0 Å². The van der Waals surface area contributed by atoms with Gasteiger partial charge >= 0.3 is 0 Å². The molecule has 1 atom stereocenters. The molecule has 5 nitrogen and oxygen atoms in total. The lowest BCUT2D eigenvalue weighted by atomic mass is 10.0. The summed E-state index contributed by atoms with van der Waals surface area (Å²) in [4.78, 5) is 12.1. The zero-order valence-corrected chi connectivity index (χ0v) is 15.7. The Morgan fingerprint density at radius 3 is 2.59 bits per heavy atom. The van der Waals surface area contributed by atoms with E-state index < -0.39 is 0 Å². The second-order valence-corrected chi connectivity index (χ2v) is 7.30. The second kappa shape index (κ2) is 8.01. The average Bonchev–Trinajstić information content (AvgIpc) is 3.32. The van der Waals surface area contributed by atoms with Crippen LogP contribution in [0.3, 0.4) is 0 Å². The van der Waals surface area contributed by atoms with E-state index in [1.165, 1.54) is 18.4 Å². The Bertz CT molecular complexity index is 787. The highest BCUT2D eigenvalue weighted by molar-refractivity contribution is 5.78. The molecular weight excluding hydrogens is 340 g/mol. The van der Waals surface area contributed by atoms with E-state index in [1.54, 1.807) is 7.11 Å². The minimum absolute atomic E-state index is 0.0189. The highest BCUT2D eigenvalue weighted by Crippen LogP contribution is 2.37. The van der Waals surface area contributed by atoms with Crippen LogP contribution in [0, 0.1) is 0 Å². The predicted molar refractivity (Wildman–Crippen MR) is 103 cm³/mol. The number of hydrogen-bond donors (Lipinski definition) is 1. The summed E-state index contributed by atoms with van der Waals surface area (Å²) in [6.07, 6.45) is 5.34. The molecule has 1 amide bonds. The van der Waals surface area contributed by atoms with Crippen LogP contribution in [-0.2, 0) is 11.3 Å². The third kappa shape index (κ3) is 4.08. The Morgan fingerprint density at radius 2 is 1.85 bits per heavy atom. The van der Waals surface area contributed by atoms with E-state index in [9.17, 15) is 4.79 Å². The van der Waals surface area contributed by atoms with Gasteiger partial charge in [-0.1, -0.05) is 36.4 Å². The highest BCUT2D eigenvalue weighted by Gasteiger charge is 2.32. The summed E-state index contributed by atoms with van der Waals surface area (Å²) in [7, 11) is 1.67. The maximum Gasteiger partial charge on any atom is 0.236 e. The Labute approximate surface area is 160 Å². The van der Waals surface area contributed by atoms with Crippen LogP contribution in [0.25, 0.3) is 0 Å². The summed E-state index contributed by atoms with van der Waals surface area (Å²) in [5, 5.41) is 2.01. The van der Waals surface area contributed by atoms with Gasteiger partial charge in [0.15, 0.2) is 11.5 Å². The lowest BCUT2D eigenvalue weighted by Gasteiger charge is -2.25. The molecule has 0 radical (unpaired) electrons. The molecule has 0 bridgehead atoms. The molecule has 1 saturated heterocycles. The molecule has 1 aliphatic carbocycles. The number of ether oxygens (including phenoxy) is 2. The second-order valence-electron chi connectivity index (χ2n) is 7.30. The topological polar surface area (TPSA) is 50.8 Å². The van der Waals surface area contributed by atoms with Gasteiger partial charge in [0.25, 0.3) is 0 Å². The van der Waals surface area contributed by atoms with Crippen molar-refractivity contribution in [2.24, 2.45) is 0 Å². The van der Waals surface area contributed by atoms with Crippen molar-refractivity contribution in [1.82, 2.24) is 10.4 Å². The number of hydrogen-bond acceptors (Lipinski definition) is 4. The van der Waals surface area contributed by atoms with Crippen LogP contribution in [0.15, 0.2) is 48.5 Å². The molecule has 2 fully saturated rings. The third-order valence-corrected chi connectivity index (χ3v) is 5.39. The zero-order chi connectivity index (χ0) is 18.6. The van der Waals surface area contributed by atoms with Crippen LogP contribution in [-0.4, -0.2) is 24.1 Å². The van der Waals surface area contributed by atoms with E-state index in [1.807, 2.05) is 41.4 Å². The van der Waals surface area contributed by atoms with E-state index >= 15 is 0 Å². The first-order chi connectivity index (χ1) is 13.2. The Morgan fingerprint density at radius 1 is 1.07 bits per heavy atom. The summed E-state index contributed by atoms with van der Waals surface area (Å²) in [5.41, 5.74) is 5.23. The molecule has 5 heteroatoms. The number of amides is 1. The summed E-state index contributed by atoms with van der Waals surface area (Å²) >= 11 is 0. The number of carbonyl (C=O) groups excluding carboxylic acids is 1. The molecule has 2 aliphatic rings. The van der Waals surface area contributed by atoms with Crippen LogP contribution in [0.5, 0.6) is 11.5 Å². The first kappa shape index (κ1) is 17.9. The monoisotopic (exact) mass is 366 g/mol. The van der Waals surface area contributed by atoms with Gasteiger partial charge in [0.2, 0.25) is 5.91 Å². The molecule has 1 N–H and O–H groups in total. The number of nitrogens with one attached hydrogen (secondary N) is 1. The van der Waals surface area contributed by atoms with Crippen molar-refractivity contribution in [2.45, 2.75) is 50.8 Å². The number of benzene rings is 2. The maximum absolute atomic E-state index is 12.1. The predicted octanol–water partition coefficient (Wildman–Crippen LogP) is 3.99. The van der Waals surface area contributed by atoms with E-state index in [0.29, 0.717) is 13.0 Å². The third-order valence-electron chi connectivity index (χ3n) is 5.39. The van der Waals surface area contributed by atoms with Gasteiger partial charge < -0.3 is 9.47 Å². The molecule has 2 aromatic carbocycles. The number of rotatable bonds is 6. The molecule has 0 aromatic heterocycles. The van der Waals surface area contributed by atoms with Crippen LogP contribution in [0.2, 0.25) is 0 Å². The molecule has 27 heavy (non-hydrogen) atoms. The van der Waals surface area contributed by atoms with Crippen molar-refractivity contribution in [2.75, 3.05) is 7.11 Å². The zero-order valence-electron chi connectivity index (χ0n) is 15.7. The number of methoxy groups -OCH3 is 1. The lowest BCUT2D eigenvalue weighted by molar-refractivity contribution is -0.121. The standard InChI is InChI=1S/C22H26N2O3/c1-26-20-12-11-17(13-21(20)27-18-9-5-6-10-18)19-14-22(25)23-24(19)15-16-7-3-2-4-8-16/h2-4,7-8,11-13,18-19H,5-6,9-10,14-15H2,1H3,(H,23,25). The minimum atomic E-state index is -0.0189. The molecule has 4 rings (SSSR count). The van der Waals surface area contributed by atoms with Gasteiger partial charge in [-0.15, -0.1) is 0 Å². The van der Waals surface area contributed by atoms with Crippen LogP contribution in [0.1, 0.15) is 49.3 Å². The van der Waals surface area contributed by atoms with E-state index in [-0.39, 0.29) is 18.1 Å². The van der Waals surface area contributed by atoms with Crippen molar-refractivity contribution in [1.29, 1.82) is 0 Å². The summed E-state index contributed by atoms with van der Waals surface area (Å²) < 4.78 is 11.7. The maximum atomic E-state index is 12.1. The van der Waals surface area contributed by atoms with E-state index in [2.05, 4.69) is 17.6 Å². The fourth-order valence-corrected chi connectivity index (χ4v) is 3.98. The van der Waals surface area contributed by atoms with Gasteiger partial charge in [-0.05, 0) is 48.9 Å². The summed E-state index contributed by atoms with van der Waals surface area (Å²) in [6, 6.07) is 16.2. The fraction of sp³-hybridized carbons (Fsp3) is 0.409. The number of nitrogens with zero attached hydrogens (tertiary/aromatic N) is 1. The van der Waals surface area contributed by atoms with Crippen molar-refractivity contribution >= 4 is 5.91 Å². The molecule has 0 spiro atoms. The summed E-state index contributed by atoms with van der Waals surface area (Å²) in [6.45, 7) is 0.669. The molecule has 1 saturated carbocycles. The first-order valence-corrected chi connectivity index (χ1v) is 9.67. The van der Waals surface area contributed by atoms with E-state index in [4.69, 9.17) is 9.47 Å². The number of carbonyl (C=O) groups is 1. The Balaban J connectivity index is 1.57. The lowest BCUT2D eigenvalue weighted by Crippen LogP contribution is -2.34. The van der Waals surface area contributed by atoms with Crippen LogP contribution < -0.4 is 14.9 Å². The quantitative estimate of drug-likeness (QED) is 0.840. The highest BCUT2D eigenvalue weighted by atomic mass is 16.5. The van der Waals surface area contributed by atoms with Crippen molar-refractivity contribution in [3.05, 3.63) is 59.7 Å². The summed E-state index contributed by atoms with van der Waals surface area (Å²) in [5.74, 6) is 1.57. The molecule has 1 aliphatic heterocycles.